The molecule has 0 radical (unpaired) electrons. The first-order chi connectivity index (χ1) is 12.0. The van der Waals surface area contributed by atoms with Gasteiger partial charge < -0.3 is 9.73 Å². The van der Waals surface area contributed by atoms with Crippen LogP contribution in [0.4, 0.5) is 5.69 Å². The molecule has 1 amide bonds. The van der Waals surface area contributed by atoms with Crippen molar-refractivity contribution in [2.24, 2.45) is 0 Å². The fourth-order valence-corrected chi connectivity index (χ4v) is 2.91. The van der Waals surface area contributed by atoms with Crippen molar-refractivity contribution in [2.45, 2.75) is 19.8 Å². The van der Waals surface area contributed by atoms with Gasteiger partial charge in [0, 0.05) is 33.6 Å². The van der Waals surface area contributed by atoms with Gasteiger partial charge in [0.25, 0.3) is 0 Å². The average Bonchev–Trinajstić information content (AvgIpc) is 3.07. The van der Waals surface area contributed by atoms with Gasteiger partial charge in [0.1, 0.15) is 11.5 Å². The Morgan fingerprint density at radius 3 is 2.64 bits per heavy atom. The third kappa shape index (κ3) is 4.53. The molecular formula is C20H17BrClNO2. The molecule has 1 aromatic heterocycles. The molecule has 5 heteroatoms. The Hall–Kier alpha value is -2.04. The number of hydrogen-bond donors (Lipinski definition) is 1. The van der Waals surface area contributed by atoms with Gasteiger partial charge >= 0.3 is 0 Å². The van der Waals surface area contributed by atoms with Gasteiger partial charge in [-0.15, -0.1) is 0 Å². The Bertz CT molecular complexity index is 887. The number of aryl methyl sites for hydroxylation is 1. The topological polar surface area (TPSA) is 42.2 Å². The molecule has 1 N–H and O–H groups in total. The van der Waals surface area contributed by atoms with E-state index in [1.165, 1.54) is 0 Å². The summed E-state index contributed by atoms with van der Waals surface area (Å²) in [4.78, 5) is 12.2. The maximum atomic E-state index is 12.2. The highest BCUT2D eigenvalue weighted by atomic mass is 79.9. The average molecular weight is 419 g/mol. The zero-order valence-corrected chi connectivity index (χ0v) is 16.0. The van der Waals surface area contributed by atoms with Crippen LogP contribution in [-0.2, 0) is 11.2 Å². The molecule has 2 aromatic carbocycles. The molecule has 3 rings (SSSR count). The minimum Gasteiger partial charge on any atom is -0.461 e. The van der Waals surface area contributed by atoms with E-state index in [0.717, 1.165) is 32.8 Å². The van der Waals surface area contributed by atoms with Crippen LogP contribution in [0.15, 0.2) is 63.5 Å². The molecule has 0 unspecified atom stereocenters. The van der Waals surface area contributed by atoms with Gasteiger partial charge in [-0.2, -0.15) is 0 Å². The van der Waals surface area contributed by atoms with Gasteiger partial charge in [-0.25, -0.2) is 0 Å². The highest BCUT2D eigenvalue weighted by Crippen LogP contribution is 2.25. The number of anilines is 1. The lowest BCUT2D eigenvalue weighted by Crippen LogP contribution is -2.13. The molecule has 0 aliphatic rings. The number of hydrogen-bond acceptors (Lipinski definition) is 2. The minimum absolute atomic E-state index is 0.0630. The Morgan fingerprint density at radius 2 is 1.88 bits per heavy atom. The van der Waals surface area contributed by atoms with Crippen LogP contribution in [0, 0.1) is 6.92 Å². The summed E-state index contributed by atoms with van der Waals surface area (Å²) in [5.41, 5.74) is 2.62. The van der Waals surface area contributed by atoms with Crippen LogP contribution in [0.25, 0.3) is 11.3 Å². The Kier molecular flexibility index (Phi) is 5.61. The molecule has 0 aliphatic heterocycles. The Labute approximate surface area is 160 Å². The van der Waals surface area contributed by atoms with Crippen molar-refractivity contribution in [3.63, 3.8) is 0 Å². The highest BCUT2D eigenvalue weighted by Gasteiger charge is 2.10. The van der Waals surface area contributed by atoms with Crippen LogP contribution in [0.3, 0.4) is 0 Å². The molecule has 128 valence electrons. The summed E-state index contributed by atoms with van der Waals surface area (Å²) >= 11 is 9.49. The molecule has 0 bridgehead atoms. The standard InChI is InChI=1S/C20H17BrClNO2/c1-13-17(22)3-2-4-18(13)23-20(24)12-10-16-9-11-19(25-16)14-5-7-15(21)8-6-14/h2-9,11H,10,12H2,1H3,(H,23,24). The predicted molar refractivity (Wildman–Crippen MR) is 105 cm³/mol. The van der Waals surface area contributed by atoms with E-state index in [0.29, 0.717) is 17.9 Å². The van der Waals surface area contributed by atoms with Gasteiger partial charge in [-0.3, -0.25) is 4.79 Å². The minimum atomic E-state index is -0.0630. The zero-order valence-electron chi connectivity index (χ0n) is 13.7. The summed E-state index contributed by atoms with van der Waals surface area (Å²) in [7, 11) is 0. The summed E-state index contributed by atoms with van der Waals surface area (Å²) in [6.45, 7) is 1.88. The summed E-state index contributed by atoms with van der Waals surface area (Å²) in [5, 5.41) is 3.54. The van der Waals surface area contributed by atoms with Crippen LogP contribution < -0.4 is 5.32 Å². The summed E-state index contributed by atoms with van der Waals surface area (Å²) in [6, 6.07) is 17.2. The second-order valence-corrected chi connectivity index (χ2v) is 7.06. The van der Waals surface area contributed by atoms with Gasteiger partial charge in [-0.05, 0) is 48.9 Å². The Morgan fingerprint density at radius 1 is 1.12 bits per heavy atom. The van der Waals surface area contributed by atoms with Gasteiger partial charge in [0.2, 0.25) is 5.91 Å². The monoisotopic (exact) mass is 417 g/mol. The second-order valence-electron chi connectivity index (χ2n) is 5.73. The molecule has 1 heterocycles. The number of carbonyl (C=O) groups is 1. The Balaban J connectivity index is 1.59. The highest BCUT2D eigenvalue weighted by molar-refractivity contribution is 9.10. The van der Waals surface area contributed by atoms with E-state index >= 15 is 0 Å². The van der Waals surface area contributed by atoms with E-state index in [1.807, 2.05) is 55.5 Å². The van der Waals surface area contributed by atoms with Crippen molar-refractivity contribution in [2.75, 3.05) is 5.32 Å². The van der Waals surface area contributed by atoms with Crippen molar-refractivity contribution in [1.82, 2.24) is 0 Å². The third-order valence-corrected chi connectivity index (χ3v) is 4.87. The SMILES string of the molecule is Cc1c(Cl)cccc1NC(=O)CCc1ccc(-c2ccc(Br)cc2)o1. The molecule has 0 spiro atoms. The number of carbonyl (C=O) groups excluding carboxylic acids is 1. The van der Waals surface area contributed by atoms with E-state index in [1.54, 1.807) is 6.07 Å². The largest absolute Gasteiger partial charge is 0.461 e. The molecule has 0 saturated heterocycles. The quantitative estimate of drug-likeness (QED) is 0.532. The molecule has 3 nitrogen and oxygen atoms in total. The van der Waals surface area contributed by atoms with Crippen LogP contribution >= 0.6 is 27.5 Å². The number of nitrogens with one attached hydrogen (secondary N) is 1. The zero-order chi connectivity index (χ0) is 17.8. The van der Waals surface area contributed by atoms with E-state index in [4.69, 9.17) is 16.0 Å². The van der Waals surface area contributed by atoms with Crippen LogP contribution in [0.1, 0.15) is 17.7 Å². The number of furan rings is 1. The fourth-order valence-electron chi connectivity index (χ4n) is 2.47. The molecular weight excluding hydrogens is 402 g/mol. The molecule has 0 atom stereocenters. The maximum absolute atomic E-state index is 12.2. The first kappa shape index (κ1) is 17.8. The number of benzene rings is 2. The van der Waals surface area contributed by atoms with E-state index in [2.05, 4.69) is 21.2 Å². The van der Waals surface area contributed by atoms with E-state index in [-0.39, 0.29) is 5.91 Å². The van der Waals surface area contributed by atoms with E-state index < -0.39 is 0 Å². The first-order valence-corrected chi connectivity index (χ1v) is 9.09. The molecule has 3 aromatic rings. The predicted octanol–water partition coefficient (Wildman–Crippen LogP) is 6.24. The molecule has 0 saturated carbocycles. The van der Waals surface area contributed by atoms with Crippen molar-refractivity contribution in [1.29, 1.82) is 0 Å². The summed E-state index contributed by atoms with van der Waals surface area (Å²) in [6.07, 6.45) is 0.890. The number of halogens is 2. The second kappa shape index (κ2) is 7.89. The van der Waals surface area contributed by atoms with Crippen LogP contribution in [0.2, 0.25) is 5.02 Å². The van der Waals surface area contributed by atoms with Crippen molar-refractivity contribution in [3.05, 3.63) is 75.4 Å². The van der Waals surface area contributed by atoms with Crippen LogP contribution in [-0.4, -0.2) is 5.91 Å². The molecule has 0 aliphatic carbocycles. The first-order valence-electron chi connectivity index (χ1n) is 7.92. The van der Waals surface area contributed by atoms with Gasteiger partial charge in [0.15, 0.2) is 0 Å². The third-order valence-electron chi connectivity index (χ3n) is 3.93. The van der Waals surface area contributed by atoms with Crippen molar-refractivity contribution >= 4 is 39.1 Å². The van der Waals surface area contributed by atoms with Crippen molar-refractivity contribution in [3.8, 4) is 11.3 Å². The normalized spacial score (nSPS) is 10.7. The number of rotatable bonds is 5. The molecule has 0 fully saturated rings. The van der Waals surface area contributed by atoms with E-state index in [9.17, 15) is 4.79 Å². The summed E-state index contributed by atoms with van der Waals surface area (Å²) < 4.78 is 6.86. The lowest BCUT2D eigenvalue weighted by Gasteiger charge is -2.09. The fraction of sp³-hybridized carbons (Fsp3) is 0.150. The smallest absolute Gasteiger partial charge is 0.224 e. The molecule has 25 heavy (non-hydrogen) atoms. The lowest BCUT2D eigenvalue weighted by molar-refractivity contribution is -0.116. The number of amides is 1. The van der Waals surface area contributed by atoms with Gasteiger partial charge in [0.05, 0.1) is 0 Å². The summed E-state index contributed by atoms with van der Waals surface area (Å²) in [5.74, 6) is 1.52. The van der Waals surface area contributed by atoms with Gasteiger partial charge in [-0.1, -0.05) is 45.7 Å². The van der Waals surface area contributed by atoms with Crippen LogP contribution in [0.5, 0.6) is 0 Å². The maximum Gasteiger partial charge on any atom is 0.224 e. The van der Waals surface area contributed by atoms with Crippen molar-refractivity contribution < 1.29 is 9.21 Å². The lowest BCUT2D eigenvalue weighted by atomic mass is 10.2.